The van der Waals surface area contributed by atoms with E-state index >= 15 is 0 Å². The second-order valence-electron chi connectivity index (χ2n) is 6.65. The largest absolute Gasteiger partial charge is 0.480 e. The molecule has 1 saturated heterocycles. The van der Waals surface area contributed by atoms with Crippen LogP contribution in [0.4, 0.5) is 10.5 Å². The molecule has 8 heteroatoms. The standard InChI is InChI=1S/C17H23N3O4S/c1-25(24)20-12-17(13-5-2-3-6-14(13)20)7-4-9-19(10-8-17)16(23)18-11-15(21)22/h2-3,5-6H,4,7-12H2,1H3,(H,18,23)(H,21,22). The molecule has 0 saturated carbocycles. The van der Waals surface area contributed by atoms with Gasteiger partial charge in [-0.2, -0.15) is 0 Å². The van der Waals surface area contributed by atoms with Crippen LogP contribution >= 0.6 is 0 Å². The van der Waals surface area contributed by atoms with Crippen LogP contribution in [0.3, 0.4) is 0 Å². The number of urea groups is 1. The highest BCUT2D eigenvalue weighted by molar-refractivity contribution is 7.85. The number of rotatable bonds is 3. The summed E-state index contributed by atoms with van der Waals surface area (Å²) in [5, 5.41) is 11.1. The van der Waals surface area contributed by atoms with E-state index < -0.39 is 17.0 Å². The molecule has 2 amide bonds. The number of carbonyl (C=O) groups excluding carboxylic acids is 1. The normalized spacial score (nSPS) is 23.9. The minimum Gasteiger partial charge on any atom is -0.480 e. The molecule has 1 aromatic carbocycles. The van der Waals surface area contributed by atoms with Crippen LogP contribution in [0, 0.1) is 0 Å². The molecule has 0 radical (unpaired) electrons. The van der Waals surface area contributed by atoms with Gasteiger partial charge in [0.1, 0.15) is 17.5 Å². The van der Waals surface area contributed by atoms with Crippen LogP contribution in [0.15, 0.2) is 24.3 Å². The van der Waals surface area contributed by atoms with E-state index in [1.807, 2.05) is 22.5 Å². The smallest absolute Gasteiger partial charge is 0.323 e. The summed E-state index contributed by atoms with van der Waals surface area (Å²) in [5.41, 5.74) is 2.12. The Morgan fingerprint density at radius 2 is 2.04 bits per heavy atom. The molecular formula is C17H23N3O4S. The quantitative estimate of drug-likeness (QED) is 0.845. The highest BCUT2D eigenvalue weighted by Crippen LogP contribution is 2.47. The molecular weight excluding hydrogens is 342 g/mol. The van der Waals surface area contributed by atoms with Crippen LogP contribution in [0.2, 0.25) is 0 Å². The van der Waals surface area contributed by atoms with Crippen LogP contribution in [-0.2, 0) is 21.2 Å². The van der Waals surface area contributed by atoms with Gasteiger partial charge in [0.2, 0.25) is 0 Å². The summed E-state index contributed by atoms with van der Waals surface area (Å²) in [6.07, 6.45) is 4.22. The number of carboxylic acids is 1. The summed E-state index contributed by atoms with van der Waals surface area (Å²) in [6, 6.07) is 7.74. The Hall–Kier alpha value is -2.09. The molecule has 1 aromatic rings. The van der Waals surface area contributed by atoms with Crippen LogP contribution in [0.25, 0.3) is 0 Å². The molecule has 136 valence electrons. The number of nitrogens with one attached hydrogen (secondary N) is 1. The zero-order chi connectivity index (χ0) is 18.0. The average Bonchev–Trinajstić information content (AvgIpc) is 2.75. The maximum absolute atomic E-state index is 12.2. The van der Waals surface area contributed by atoms with E-state index in [9.17, 15) is 13.8 Å². The Bertz CT molecular complexity index is 711. The van der Waals surface area contributed by atoms with Gasteiger partial charge in [-0.3, -0.25) is 9.10 Å². The van der Waals surface area contributed by atoms with Crippen molar-refractivity contribution in [3.05, 3.63) is 29.8 Å². The first kappa shape index (κ1) is 17.7. The predicted molar refractivity (Wildman–Crippen MR) is 96.0 cm³/mol. The molecule has 0 bridgehead atoms. The number of benzene rings is 1. The van der Waals surface area contributed by atoms with Crippen molar-refractivity contribution in [1.29, 1.82) is 0 Å². The Morgan fingerprint density at radius 3 is 2.76 bits per heavy atom. The number of hydrogen-bond acceptors (Lipinski definition) is 3. The molecule has 2 unspecified atom stereocenters. The average molecular weight is 365 g/mol. The van der Waals surface area contributed by atoms with Crippen molar-refractivity contribution in [2.45, 2.75) is 24.7 Å². The number of amides is 2. The van der Waals surface area contributed by atoms with Crippen molar-refractivity contribution < 1.29 is 18.9 Å². The van der Waals surface area contributed by atoms with Gasteiger partial charge in [-0.15, -0.1) is 0 Å². The number of nitrogens with zero attached hydrogens (tertiary/aromatic N) is 2. The second-order valence-corrected chi connectivity index (χ2v) is 7.94. The van der Waals surface area contributed by atoms with Gasteiger partial charge in [-0.05, 0) is 30.9 Å². The van der Waals surface area contributed by atoms with Gasteiger partial charge >= 0.3 is 12.0 Å². The van der Waals surface area contributed by atoms with Gasteiger partial charge in [0.05, 0.1) is 5.69 Å². The van der Waals surface area contributed by atoms with Gasteiger partial charge in [-0.25, -0.2) is 9.00 Å². The first-order valence-electron chi connectivity index (χ1n) is 8.38. The van der Waals surface area contributed by atoms with Crippen molar-refractivity contribution >= 4 is 28.7 Å². The number of carboxylic acid groups (broad SMARTS) is 1. The monoisotopic (exact) mass is 365 g/mol. The van der Waals surface area contributed by atoms with E-state index in [-0.39, 0.29) is 18.0 Å². The third kappa shape index (κ3) is 3.49. The summed E-state index contributed by atoms with van der Waals surface area (Å²) >= 11 is 0. The molecule has 1 spiro atoms. The lowest BCUT2D eigenvalue weighted by atomic mass is 9.76. The van der Waals surface area contributed by atoms with Crippen LogP contribution < -0.4 is 9.62 Å². The van der Waals surface area contributed by atoms with Crippen LogP contribution in [0.1, 0.15) is 24.8 Å². The fourth-order valence-electron chi connectivity index (χ4n) is 3.90. The molecule has 2 aliphatic rings. The molecule has 0 aromatic heterocycles. The molecule has 2 aliphatic heterocycles. The topological polar surface area (TPSA) is 90.0 Å². The van der Waals surface area contributed by atoms with Gasteiger partial charge < -0.3 is 15.3 Å². The summed E-state index contributed by atoms with van der Waals surface area (Å²) in [7, 11) is -1.09. The zero-order valence-corrected chi connectivity index (χ0v) is 15.1. The van der Waals surface area contributed by atoms with Gasteiger partial charge in [-0.1, -0.05) is 18.2 Å². The number of hydrogen-bond donors (Lipinski definition) is 2. The van der Waals surface area contributed by atoms with E-state index in [4.69, 9.17) is 5.11 Å². The van der Waals surface area contributed by atoms with Gasteiger partial charge in [0.25, 0.3) is 0 Å². The van der Waals surface area contributed by atoms with Crippen LogP contribution in [-0.4, -0.2) is 58.7 Å². The van der Waals surface area contributed by atoms with E-state index in [0.717, 1.165) is 24.9 Å². The number of fused-ring (bicyclic) bond motifs is 2. The van der Waals surface area contributed by atoms with E-state index in [1.54, 1.807) is 11.2 Å². The lowest BCUT2D eigenvalue weighted by Crippen LogP contribution is -2.43. The predicted octanol–water partition coefficient (Wildman–Crippen LogP) is 1.32. The van der Waals surface area contributed by atoms with E-state index in [0.29, 0.717) is 19.6 Å². The number of anilines is 1. The maximum atomic E-state index is 12.2. The molecule has 2 N–H and O–H groups in total. The van der Waals surface area contributed by atoms with Gasteiger partial charge in [0, 0.05) is 31.3 Å². The lowest BCUT2D eigenvalue weighted by molar-refractivity contribution is -0.135. The first-order valence-corrected chi connectivity index (χ1v) is 9.90. The second kappa shape index (κ2) is 7.03. The Morgan fingerprint density at radius 1 is 1.28 bits per heavy atom. The maximum Gasteiger partial charge on any atom is 0.323 e. The lowest BCUT2D eigenvalue weighted by Gasteiger charge is -2.29. The van der Waals surface area contributed by atoms with Gasteiger partial charge in [0.15, 0.2) is 0 Å². The van der Waals surface area contributed by atoms with E-state index in [2.05, 4.69) is 11.4 Å². The highest BCUT2D eigenvalue weighted by Gasteiger charge is 2.44. The Labute approximate surface area is 149 Å². The van der Waals surface area contributed by atoms with Crippen molar-refractivity contribution in [3.63, 3.8) is 0 Å². The Balaban J connectivity index is 1.77. The van der Waals surface area contributed by atoms with Crippen molar-refractivity contribution in [2.24, 2.45) is 0 Å². The third-order valence-corrected chi connectivity index (χ3v) is 6.07. The third-order valence-electron chi connectivity index (χ3n) is 5.12. The molecule has 1 fully saturated rings. The SMILES string of the molecule is CS(=O)N1CC2(CCCN(C(=O)NCC(=O)O)CC2)c2ccccc21. The van der Waals surface area contributed by atoms with E-state index in [1.165, 1.54) is 5.56 Å². The Kier molecular flexibility index (Phi) is 4.99. The molecule has 25 heavy (non-hydrogen) atoms. The molecule has 0 aliphatic carbocycles. The highest BCUT2D eigenvalue weighted by atomic mass is 32.2. The van der Waals surface area contributed by atoms with Crippen molar-refractivity contribution in [1.82, 2.24) is 10.2 Å². The summed E-state index contributed by atoms with van der Waals surface area (Å²) in [4.78, 5) is 24.5. The summed E-state index contributed by atoms with van der Waals surface area (Å²) < 4.78 is 14.1. The molecule has 7 nitrogen and oxygen atoms in total. The molecule has 2 atom stereocenters. The first-order chi connectivity index (χ1) is 11.9. The number of carbonyl (C=O) groups is 2. The minimum absolute atomic E-state index is 0.107. The number of aliphatic carboxylic acids is 1. The van der Waals surface area contributed by atoms with Crippen LogP contribution in [0.5, 0.6) is 0 Å². The van der Waals surface area contributed by atoms with Crippen molar-refractivity contribution in [2.75, 3.05) is 36.7 Å². The summed E-state index contributed by atoms with van der Waals surface area (Å²) in [6.45, 7) is 1.49. The fraction of sp³-hybridized carbons (Fsp3) is 0.529. The van der Waals surface area contributed by atoms with Crippen molar-refractivity contribution in [3.8, 4) is 0 Å². The number of likely N-dealkylation sites (tertiary alicyclic amines) is 1. The number of para-hydroxylation sites is 1. The fourth-order valence-corrected chi connectivity index (χ4v) is 4.77. The minimum atomic E-state index is -1.09. The summed E-state index contributed by atoms with van der Waals surface area (Å²) in [5.74, 6) is -1.05. The molecule has 2 heterocycles. The zero-order valence-electron chi connectivity index (χ0n) is 14.2. The molecule has 3 rings (SSSR count).